The van der Waals surface area contributed by atoms with Gasteiger partial charge in [0.15, 0.2) is 0 Å². The van der Waals surface area contributed by atoms with Crippen LogP contribution in [0.2, 0.25) is 0 Å². The second-order valence-corrected chi connectivity index (χ2v) is 3.70. The Hall–Kier alpha value is -2.28. The second-order valence-electron chi connectivity index (χ2n) is 3.70. The molecule has 0 heterocycles. The van der Waals surface area contributed by atoms with Crippen LogP contribution in [0.5, 0.6) is 5.75 Å². The number of hydrogen-bond acceptors (Lipinski definition) is 3. The average Bonchev–Trinajstić information content (AvgIpc) is 2.42. The molecule has 1 rings (SSSR count). The summed E-state index contributed by atoms with van der Waals surface area (Å²) in [4.78, 5) is 11.7. The molecule has 0 aliphatic rings. The van der Waals surface area contributed by atoms with Crippen molar-refractivity contribution < 1.29 is 9.53 Å². The Morgan fingerprint density at radius 1 is 1.56 bits per heavy atom. The van der Waals surface area contributed by atoms with Gasteiger partial charge in [-0.2, -0.15) is 5.26 Å². The van der Waals surface area contributed by atoms with Gasteiger partial charge in [0, 0.05) is 6.54 Å². The maximum Gasteiger partial charge on any atom is 0.261 e. The van der Waals surface area contributed by atoms with Crippen LogP contribution >= 0.6 is 0 Å². The number of amides is 1. The number of ether oxygens (including phenoxy) is 1. The maximum absolute atomic E-state index is 11.7. The van der Waals surface area contributed by atoms with Gasteiger partial charge in [-0.05, 0) is 30.2 Å². The number of carbonyl (C=O) groups is 1. The van der Waals surface area contributed by atoms with Gasteiger partial charge in [-0.1, -0.05) is 19.1 Å². The lowest BCUT2D eigenvalue weighted by Crippen LogP contribution is -2.25. The quantitative estimate of drug-likeness (QED) is 0.637. The standard InChI is InChI=1S/C14H16N2O2/c1-3-7-16-14(17)12(10-15)8-11-5-4-6-13(9-11)18-2/h4-6,8-9H,3,7H2,1-2H3,(H,16,17)/b12-8+. The topological polar surface area (TPSA) is 62.1 Å². The van der Waals surface area contributed by atoms with E-state index in [-0.39, 0.29) is 11.5 Å². The second kappa shape index (κ2) is 7.13. The third-order valence-electron chi connectivity index (χ3n) is 2.31. The highest BCUT2D eigenvalue weighted by molar-refractivity contribution is 6.01. The molecule has 0 aromatic heterocycles. The Kier molecular flexibility index (Phi) is 5.46. The van der Waals surface area contributed by atoms with Gasteiger partial charge >= 0.3 is 0 Å². The summed E-state index contributed by atoms with van der Waals surface area (Å²) >= 11 is 0. The van der Waals surface area contributed by atoms with Crippen molar-refractivity contribution in [2.75, 3.05) is 13.7 Å². The summed E-state index contributed by atoms with van der Waals surface area (Å²) in [5, 5.41) is 11.6. The van der Waals surface area contributed by atoms with E-state index in [1.807, 2.05) is 25.1 Å². The van der Waals surface area contributed by atoms with Crippen LogP contribution in [-0.4, -0.2) is 19.6 Å². The fraction of sp³-hybridized carbons (Fsp3) is 0.286. The van der Waals surface area contributed by atoms with Crippen LogP contribution in [0.3, 0.4) is 0 Å². The molecule has 4 nitrogen and oxygen atoms in total. The molecule has 0 radical (unpaired) electrons. The first-order valence-corrected chi connectivity index (χ1v) is 5.75. The molecule has 0 bridgehead atoms. The van der Waals surface area contributed by atoms with E-state index in [1.165, 1.54) is 0 Å². The first-order valence-electron chi connectivity index (χ1n) is 5.75. The van der Waals surface area contributed by atoms with Crippen molar-refractivity contribution in [1.29, 1.82) is 5.26 Å². The van der Waals surface area contributed by atoms with Crippen molar-refractivity contribution >= 4 is 12.0 Å². The van der Waals surface area contributed by atoms with Gasteiger partial charge in [0.05, 0.1) is 7.11 Å². The largest absolute Gasteiger partial charge is 0.497 e. The smallest absolute Gasteiger partial charge is 0.261 e. The van der Waals surface area contributed by atoms with Crippen LogP contribution in [0.4, 0.5) is 0 Å². The van der Waals surface area contributed by atoms with E-state index in [0.717, 1.165) is 12.0 Å². The number of hydrogen-bond donors (Lipinski definition) is 1. The summed E-state index contributed by atoms with van der Waals surface area (Å²) in [6, 6.07) is 9.10. The molecule has 18 heavy (non-hydrogen) atoms. The van der Waals surface area contributed by atoms with E-state index in [4.69, 9.17) is 10.00 Å². The number of carbonyl (C=O) groups excluding carboxylic acids is 1. The fourth-order valence-electron chi connectivity index (χ4n) is 1.38. The average molecular weight is 244 g/mol. The molecule has 1 aromatic rings. The highest BCUT2D eigenvalue weighted by Crippen LogP contribution is 2.15. The normalized spacial score (nSPS) is 10.6. The van der Waals surface area contributed by atoms with E-state index in [2.05, 4.69) is 5.32 Å². The third-order valence-corrected chi connectivity index (χ3v) is 2.31. The zero-order valence-electron chi connectivity index (χ0n) is 10.6. The first kappa shape index (κ1) is 13.8. The summed E-state index contributed by atoms with van der Waals surface area (Å²) in [5.41, 5.74) is 0.856. The van der Waals surface area contributed by atoms with Crippen molar-refractivity contribution in [2.24, 2.45) is 0 Å². The zero-order valence-corrected chi connectivity index (χ0v) is 10.6. The van der Waals surface area contributed by atoms with Crippen molar-refractivity contribution in [2.45, 2.75) is 13.3 Å². The monoisotopic (exact) mass is 244 g/mol. The molecule has 1 aromatic carbocycles. The number of benzene rings is 1. The minimum Gasteiger partial charge on any atom is -0.497 e. The van der Waals surface area contributed by atoms with Gasteiger partial charge in [-0.3, -0.25) is 4.79 Å². The molecule has 1 N–H and O–H groups in total. The molecule has 0 fully saturated rings. The van der Waals surface area contributed by atoms with Gasteiger partial charge < -0.3 is 10.1 Å². The Labute approximate surface area is 107 Å². The first-order chi connectivity index (χ1) is 8.71. The summed E-state index contributed by atoms with van der Waals surface area (Å²) in [6.07, 6.45) is 2.39. The highest BCUT2D eigenvalue weighted by atomic mass is 16.5. The van der Waals surface area contributed by atoms with E-state index in [9.17, 15) is 4.79 Å². The SMILES string of the molecule is CCCNC(=O)/C(C#N)=C/c1cccc(OC)c1. The summed E-state index contributed by atoms with van der Waals surface area (Å²) in [5.74, 6) is 0.345. The lowest BCUT2D eigenvalue weighted by molar-refractivity contribution is -0.117. The Morgan fingerprint density at radius 3 is 2.94 bits per heavy atom. The molecule has 0 spiro atoms. The highest BCUT2D eigenvalue weighted by Gasteiger charge is 2.07. The molecule has 0 saturated heterocycles. The molecule has 0 unspecified atom stereocenters. The van der Waals surface area contributed by atoms with Gasteiger partial charge in [0.1, 0.15) is 17.4 Å². The number of methoxy groups -OCH3 is 1. The van der Waals surface area contributed by atoms with Crippen LogP contribution in [0.1, 0.15) is 18.9 Å². The van der Waals surface area contributed by atoms with Crippen LogP contribution in [-0.2, 0) is 4.79 Å². The predicted octanol–water partition coefficient (Wildman–Crippen LogP) is 2.13. The maximum atomic E-state index is 11.7. The van der Waals surface area contributed by atoms with Crippen molar-refractivity contribution in [3.05, 3.63) is 35.4 Å². The summed E-state index contributed by atoms with van der Waals surface area (Å²) in [6.45, 7) is 2.52. The van der Waals surface area contributed by atoms with Crippen LogP contribution in [0.15, 0.2) is 29.8 Å². The summed E-state index contributed by atoms with van der Waals surface area (Å²) in [7, 11) is 1.57. The van der Waals surface area contributed by atoms with E-state index in [0.29, 0.717) is 12.3 Å². The minimum atomic E-state index is -0.345. The molecule has 0 atom stereocenters. The molecule has 1 amide bonds. The van der Waals surface area contributed by atoms with Gasteiger partial charge in [0.25, 0.3) is 5.91 Å². The van der Waals surface area contributed by atoms with Crippen LogP contribution < -0.4 is 10.1 Å². The van der Waals surface area contributed by atoms with Crippen molar-refractivity contribution in [3.63, 3.8) is 0 Å². The summed E-state index contributed by atoms with van der Waals surface area (Å²) < 4.78 is 5.08. The van der Waals surface area contributed by atoms with Gasteiger partial charge in [-0.15, -0.1) is 0 Å². The predicted molar refractivity (Wildman–Crippen MR) is 69.9 cm³/mol. The lowest BCUT2D eigenvalue weighted by Gasteiger charge is -2.03. The van der Waals surface area contributed by atoms with Crippen LogP contribution in [0.25, 0.3) is 6.08 Å². The van der Waals surface area contributed by atoms with E-state index in [1.54, 1.807) is 25.3 Å². The minimum absolute atomic E-state index is 0.0942. The van der Waals surface area contributed by atoms with Crippen molar-refractivity contribution in [1.82, 2.24) is 5.32 Å². The molecule has 94 valence electrons. The molecule has 0 saturated carbocycles. The molecule has 4 heteroatoms. The fourth-order valence-corrected chi connectivity index (χ4v) is 1.38. The van der Waals surface area contributed by atoms with Crippen LogP contribution in [0, 0.1) is 11.3 Å². The number of nitrogens with one attached hydrogen (secondary N) is 1. The number of nitrogens with zero attached hydrogens (tertiary/aromatic N) is 1. The van der Waals surface area contributed by atoms with Crippen molar-refractivity contribution in [3.8, 4) is 11.8 Å². The Morgan fingerprint density at radius 2 is 2.33 bits per heavy atom. The number of nitriles is 1. The molecular formula is C14H16N2O2. The molecular weight excluding hydrogens is 228 g/mol. The van der Waals surface area contributed by atoms with E-state index < -0.39 is 0 Å². The Balaban J connectivity index is 2.90. The Bertz CT molecular complexity index is 487. The van der Waals surface area contributed by atoms with E-state index >= 15 is 0 Å². The van der Waals surface area contributed by atoms with Gasteiger partial charge in [0.2, 0.25) is 0 Å². The molecule has 0 aliphatic carbocycles. The molecule has 0 aliphatic heterocycles. The van der Waals surface area contributed by atoms with Gasteiger partial charge in [-0.25, -0.2) is 0 Å². The third kappa shape index (κ3) is 3.95. The zero-order chi connectivity index (χ0) is 13.4. The lowest BCUT2D eigenvalue weighted by atomic mass is 10.1. The number of rotatable bonds is 5.